The minimum atomic E-state index is 0.0742. The predicted molar refractivity (Wildman–Crippen MR) is 92.0 cm³/mol. The largest absolute Gasteiger partial charge is 0.337 e. The van der Waals surface area contributed by atoms with E-state index >= 15 is 0 Å². The fourth-order valence-electron chi connectivity index (χ4n) is 3.75. The maximum Gasteiger partial charge on any atom is 0.252 e. The van der Waals surface area contributed by atoms with Crippen molar-refractivity contribution in [1.29, 1.82) is 0 Å². The van der Waals surface area contributed by atoms with Crippen molar-refractivity contribution in [3.8, 4) is 0 Å². The number of hydrogen-bond acceptors (Lipinski definition) is 4. The summed E-state index contributed by atoms with van der Waals surface area (Å²) in [5.74, 6) is 0.735. The van der Waals surface area contributed by atoms with Gasteiger partial charge in [0.25, 0.3) is 5.56 Å². The summed E-state index contributed by atoms with van der Waals surface area (Å²) < 4.78 is 1.92. The molecule has 0 unspecified atom stereocenters. The lowest BCUT2D eigenvalue weighted by Gasteiger charge is -2.24. The molecule has 0 amide bonds. The third kappa shape index (κ3) is 2.54. The Morgan fingerprint density at radius 2 is 2.04 bits per heavy atom. The number of nitrogens with zero attached hydrogens (tertiary/aromatic N) is 4. The molecule has 1 saturated carbocycles. The second-order valence-electron chi connectivity index (χ2n) is 6.59. The number of aromatic nitrogens is 3. The number of anilines is 1. The summed E-state index contributed by atoms with van der Waals surface area (Å²) >= 11 is 0. The topological polar surface area (TPSA) is 51.0 Å². The van der Waals surface area contributed by atoms with Gasteiger partial charge in [-0.3, -0.25) is 9.36 Å². The molecule has 0 spiro atoms. The van der Waals surface area contributed by atoms with Crippen molar-refractivity contribution in [3.63, 3.8) is 0 Å². The van der Waals surface area contributed by atoms with Crippen molar-refractivity contribution < 1.29 is 0 Å². The van der Waals surface area contributed by atoms with Gasteiger partial charge < -0.3 is 4.90 Å². The maximum absolute atomic E-state index is 12.6. The highest BCUT2D eigenvalue weighted by molar-refractivity contribution is 5.79. The minimum Gasteiger partial charge on any atom is -0.337 e. The van der Waals surface area contributed by atoms with Crippen LogP contribution in [0.5, 0.6) is 0 Å². The highest BCUT2D eigenvalue weighted by Gasteiger charge is 2.22. The zero-order chi connectivity index (χ0) is 15.8. The van der Waals surface area contributed by atoms with E-state index in [-0.39, 0.29) is 11.6 Å². The molecule has 0 bridgehead atoms. The molecule has 2 aromatic heterocycles. The quantitative estimate of drug-likeness (QED) is 0.800. The lowest BCUT2D eigenvalue weighted by molar-refractivity contribution is 0.515. The van der Waals surface area contributed by atoms with E-state index in [1.165, 1.54) is 12.8 Å². The fraction of sp³-hybridized carbons (Fsp3) is 0.500. The van der Waals surface area contributed by atoms with Crippen LogP contribution in [0.25, 0.3) is 11.0 Å². The first kappa shape index (κ1) is 14.4. The van der Waals surface area contributed by atoms with Crippen LogP contribution >= 0.6 is 0 Å². The molecule has 0 radical (unpaired) electrons. The van der Waals surface area contributed by atoms with E-state index in [9.17, 15) is 4.79 Å². The number of rotatable bonds is 2. The van der Waals surface area contributed by atoms with Gasteiger partial charge in [-0.2, -0.15) is 4.98 Å². The predicted octanol–water partition coefficient (Wildman–Crippen LogP) is 2.98. The van der Waals surface area contributed by atoms with Gasteiger partial charge in [-0.05, 0) is 31.7 Å². The Kier molecular flexibility index (Phi) is 3.63. The molecule has 3 heterocycles. The van der Waals surface area contributed by atoms with Gasteiger partial charge >= 0.3 is 0 Å². The molecule has 1 aliphatic carbocycles. The molecular formula is C18H22N4O. The van der Waals surface area contributed by atoms with Crippen molar-refractivity contribution in [2.75, 3.05) is 18.0 Å². The number of fused-ring (bicyclic) bond motifs is 1. The van der Waals surface area contributed by atoms with Crippen LogP contribution in [0, 0.1) is 6.92 Å². The van der Waals surface area contributed by atoms with E-state index in [2.05, 4.69) is 22.0 Å². The molecule has 4 rings (SSSR count). The zero-order valence-corrected chi connectivity index (χ0v) is 13.5. The summed E-state index contributed by atoms with van der Waals surface area (Å²) in [6.07, 6.45) is 11.8. The molecule has 23 heavy (non-hydrogen) atoms. The van der Waals surface area contributed by atoms with E-state index in [0.717, 1.165) is 54.9 Å². The van der Waals surface area contributed by atoms with Crippen LogP contribution in [0.15, 0.2) is 29.2 Å². The molecular weight excluding hydrogens is 288 g/mol. The van der Waals surface area contributed by atoms with Crippen molar-refractivity contribution >= 4 is 17.0 Å². The second-order valence-corrected chi connectivity index (χ2v) is 6.59. The highest BCUT2D eigenvalue weighted by Crippen LogP contribution is 2.31. The Morgan fingerprint density at radius 3 is 2.78 bits per heavy atom. The van der Waals surface area contributed by atoms with Crippen molar-refractivity contribution in [1.82, 2.24) is 14.5 Å². The molecule has 5 nitrogen and oxygen atoms in total. The van der Waals surface area contributed by atoms with Crippen LogP contribution in [0.4, 0.5) is 5.95 Å². The molecule has 2 aliphatic rings. The Hall–Kier alpha value is -2.17. The van der Waals surface area contributed by atoms with Gasteiger partial charge in [-0.15, -0.1) is 0 Å². The van der Waals surface area contributed by atoms with Gasteiger partial charge in [0.2, 0.25) is 5.95 Å². The van der Waals surface area contributed by atoms with Crippen LogP contribution in [0.1, 0.15) is 43.7 Å². The van der Waals surface area contributed by atoms with E-state index < -0.39 is 0 Å². The second kappa shape index (κ2) is 5.80. The molecule has 1 fully saturated rings. The van der Waals surface area contributed by atoms with Gasteiger partial charge in [0.15, 0.2) is 0 Å². The average molecular weight is 310 g/mol. The summed E-state index contributed by atoms with van der Waals surface area (Å²) in [5, 5.41) is 0.993. The first-order chi connectivity index (χ1) is 11.2. The summed E-state index contributed by atoms with van der Waals surface area (Å²) in [6, 6.07) is 2.02. The molecule has 0 atom stereocenters. The Morgan fingerprint density at radius 1 is 1.22 bits per heavy atom. The lowest BCUT2D eigenvalue weighted by Crippen LogP contribution is -2.30. The molecule has 0 saturated heterocycles. The van der Waals surface area contributed by atoms with Crippen LogP contribution in [0.3, 0.4) is 0 Å². The molecule has 0 N–H and O–H groups in total. The van der Waals surface area contributed by atoms with Gasteiger partial charge in [-0.25, -0.2) is 4.98 Å². The van der Waals surface area contributed by atoms with Crippen molar-refractivity contribution in [3.05, 3.63) is 40.3 Å². The molecule has 5 heteroatoms. The van der Waals surface area contributed by atoms with Gasteiger partial charge in [-0.1, -0.05) is 25.0 Å². The van der Waals surface area contributed by atoms with Crippen molar-refractivity contribution in [2.24, 2.45) is 0 Å². The van der Waals surface area contributed by atoms with E-state index in [0.29, 0.717) is 0 Å². The monoisotopic (exact) mass is 310 g/mol. The summed E-state index contributed by atoms with van der Waals surface area (Å²) in [6.45, 7) is 3.74. The lowest BCUT2D eigenvalue weighted by atomic mass is 10.1. The number of hydrogen-bond donors (Lipinski definition) is 0. The number of pyridine rings is 1. The fourth-order valence-corrected chi connectivity index (χ4v) is 3.75. The summed E-state index contributed by atoms with van der Waals surface area (Å²) in [5.41, 5.74) is 1.84. The Labute approximate surface area is 135 Å². The third-order valence-corrected chi connectivity index (χ3v) is 5.02. The van der Waals surface area contributed by atoms with Crippen molar-refractivity contribution in [2.45, 2.75) is 45.1 Å². The number of aryl methyl sites for hydroxylation is 1. The van der Waals surface area contributed by atoms with Gasteiger partial charge in [0.05, 0.1) is 0 Å². The summed E-state index contributed by atoms with van der Waals surface area (Å²) in [7, 11) is 0. The van der Waals surface area contributed by atoms with Gasteiger partial charge in [0.1, 0.15) is 5.65 Å². The normalized spacial score (nSPS) is 18.9. The van der Waals surface area contributed by atoms with Crippen LogP contribution in [-0.4, -0.2) is 27.6 Å². The molecule has 2 aromatic rings. The SMILES string of the molecule is Cc1cc(=O)n(C2CCCC2)c2nc(N3CC=CCC3)ncc12. The maximum atomic E-state index is 12.6. The standard InChI is InChI=1S/C18H22N4O/c1-13-11-16(23)22(14-7-3-4-8-14)17-15(13)12-19-18(20-17)21-9-5-2-6-10-21/h2,5,11-12,14H,3-4,6-10H2,1H3. The van der Waals surface area contributed by atoms with Crippen LogP contribution in [-0.2, 0) is 0 Å². The minimum absolute atomic E-state index is 0.0742. The van der Waals surface area contributed by atoms with Crippen LogP contribution in [0.2, 0.25) is 0 Å². The molecule has 120 valence electrons. The Balaban J connectivity index is 1.88. The average Bonchev–Trinajstić information content (AvgIpc) is 3.09. The Bertz CT molecular complexity index is 818. The van der Waals surface area contributed by atoms with Gasteiger partial charge in [0, 0.05) is 36.8 Å². The van der Waals surface area contributed by atoms with E-state index in [1.54, 1.807) is 6.07 Å². The molecule has 0 aromatic carbocycles. The summed E-state index contributed by atoms with van der Waals surface area (Å²) in [4.78, 5) is 24.1. The highest BCUT2D eigenvalue weighted by atomic mass is 16.1. The smallest absolute Gasteiger partial charge is 0.252 e. The first-order valence-corrected chi connectivity index (χ1v) is 8.53. The van der Waals surface area contributed by atoms with E-state index in [1.807, 2.05) is 17.7 Å². The molecule has 1 aliphatic heterocycles. The zero-order valence-electron chi connectivity index (χ0n) is 13.5. The third-order valence-electron chi connectivity index (χ3n) is 5.02. The van der Waals surface area contributed by atoms with Crippen LogP contribution < -0.4 is 10.5 Å². The van der Waals surface area contributed by atoms with E-state index in [4.69, 9.17) is 4.98 Å². The first-order valence-electron chi connectivity index (χ1n) is 8.53.